The lowest BCUT2D eigenvalue weighted by atomic mass is 10.5. The number of aromatic nitrogens is 2. The molecule has 0 amide bonds. The predicted octanol–water partition coefficient (Wildman–Crippen LogP) is 0.934. The Morgan fingerprint density at radius 2 is 2.06 bits per heavy atom. The molecule has 1 rings (SSSR count). The Labute approximate surface area is 101 Å². The maximum Gasteiger partial charge on any atom is 0.305 e. The lowest BCUT2D eigenvalue weighted by Crippen LogP contribution is -2.07. The Hall–Kier alpha value is -1.40. The molecule has 1 heterocycles. The van der Waals surface area contributed by atoms with Gasteiger partial charge in [-0.1, -0.05) is 0 Å². The number of rotatable bonds is 7. The molecular formula is C11H20N2O4. The van der Waals surface area contributed by atoms with Crippen LogP contribution in [0.3, 0.4) is 0 Å². The fraction of sp³-hybridized carbons (Fsp3) is 0.636. The van der Waals surface area contributed by atoms with E-state index in [4.69, 9.17) is 14.6 Å². The third kappa shape index (κ3) is 12.5. The molecule has 0 atom stereocenters. The van der Waals surface area contributed by atoms with E-state index in [9.17, 15) is 4.79 Å². The fourth-order valence-electron chi connectivity index (χ4n) is 0.850. The van der Waals surface area contributed by atoms with Gasteiger partial charge >= 0.3 is 5.97 Å². The van der Waals surface area contributed by atoms with E-state index in [2.05, 4.69) is 4.98 Å². The van der Waals surface area contributed by atoms with Crippen LogP contribution in [0.2, 0.25) is 0 Å². The van der Waals surface area contributed by atoms with Gasteiger partial charge in [-0.05, 0) is 6.92 Å². The van der Waals surface area contributed by atoms with Gasteiger partial charge in [0.15, 0.2) is 0 Å². The van der Waals surface area contributed by atoms with Crippen LogP contribution in [0, 0.1) is 0 Å². The largest absolute Gasteiger partial charge is 0.481 e. The molecule has 98 valence electrons. The summed E-state index contributed by atoms with van der Waals surface area (Å²) < 4.78 is 11.8. The van der Waals surface area contributed by atoms with Crippen LogP contribution in [-0.4, -0.2) is 47.1 Å². The lowest BCUT2D eigenvalue weighted by molar-refractivity contribution is -0.138. The van der Waals surface area contributed by atoms with Crippen molar-refractivity contribution >= 4 is 5.97 Å². The molecule has 0 saturated carbocycles. The molecule has 6 heteroatoms. The van der Waals surface area contributed by atoms with Gasteiger partial charge in [0.1, 0.15) is 0 Å². The molecule has 0 aliphatic rings. The number of aryl methyl sites for hydroxylation is 1. The highest BCUT2D eigenvalue weighted by atomic mass is 16.5. The monoisotopic (exact) mass is 244 g/mol. The van der Waals surface area contributed by atoms with Crippen molar-refractivity contribution in [2.75, 3.05) is 26.4 Å². The van der Waals surface area contributed by atoms with E-state index < -0.39 is 5.97 Å². The smallest absolute Gasteiger partial charge is 0.305 e. The van der Waals surface area contributed by atoms with Crippen molar-refractivity contribution in [2.45, 2.75) is 13.3 Å². The Balaban J connectivity index is 0.000000354. The normalized spacial score (nSPS) is 9.53. The van der Waals surface area contributed by atoms with Gasteiger partial charge < -0.3 is 19.1 Å². The van der Waals surface area contributed by atoms with E-state index in [1.54, 1.807) is 12.5 Å². The van der Waals surface area contributed by atoms with Crippen molar-refractivity contribution in [3.8, 4) is 0 Å². The molecule has 0 spiro atoms. The van der Waals surface area contributed by atoms with Crippen molar-refractivity contribution < 1.29 is 19.4 Å². The van der Waals surface area contributed by atoms with Crippen molar-refractivity contribution in [1.29, 1.82) is 0 Å². The molecule has 0 bridgehead atoms. The molecule has 0 fully saturated rings. The minimum absolute atomic E-state index is 0.0616. The molecule has 17 heavy (non-hydrogen) atoms. The summed E-state index contributed by atoms with van der Waals surface area (Å²) in [6.07, 6.45) is 5.45. The Kier molecular flexibility index (Phi) is 10.2. The zero-order chi connectivity index (χ0) is 12.9. The summed E-state index contributed by atoms with van der Waals surface area (Å²) >= 11 is 0. The van der Waals surface area contributed by atoms with Gasteiger partial charge in [-0.15, -0.1) is 0 Å². The first-order chi connectivity index (χ1) is 8.16. The van der Waals surface area contributed by atoms with E-state index in [0.29, 0.717) is 19.8 Å². The molecule has 1 N–H and O–H groups in total. The third-order valence-corrected chi connectivity index (χ3v) is 1.67. The topological polar surface area (TPSA) is 73.6 Å². The molecule has 0 unspecified atom stereocenters. The average Bonchev–Trinajstić information content (AvgIpc) is 2.75. The van der Waals surface area contributed by atoms with E-state index >= 15 is 0 Å². The van der Waals surface area contributed by atoms with Crippen LogP contribution in [0.15, 0.2) is 18.7 Å². The van der Waals surface area contributed by atoms with Crippen molar-refractivity contribution in [2.24, 2.45) is 7.05 Å². The molecule has 6 nitrogen and oxygen atoms in total. The highest BCUT2D eigenvalue weighted by Gasteiger charge is 1.95. The molecular weight excluding hydrogens is 224 g/mol. The van der Waals surface area contributed by atoms with Gasteiger partial charge in [-0.3, -0.25) is 4.79 Å². The Bertz CT molecular complexity index is 275. The number of carboxylic acid groups (broad SMARTS) is 1. The number of ether oxygens (including phenoxy) is 2. The highest BCUT2D eigenvalue weighted by molar-refractivity contribution is 5.66. The summed E-state index contributed by atoms with van der Waals surface area (Å²) in [6, 6.07) is 0. The number of hydrogen-bond donors (Lipinski definition) is 1. The van der Waals surface area contributed by atoms with Crippen LogP contribution in [0.1, 0.15) is 13.3 Å². The van der Waals surface area contributed by atoms with Crippen LogP contribution < -0.4 is 0 Å². The van der Waals surface area contributed by atoms with Gasteiger partial charge in [-0.25, -0.2) is 4.98 Å². The van der Waals surface area contributed by atoms with Crippen LogP contribution >= 0.6 is 0 Å². The first-order valence-corrected chi connectivity index (χ1v) is 5.46. The molecule has 0 aromatic carbocycles. The average molecular weight is 244 g/mol. The quantitative estimate of drug-likeness (QED) is 0.722. The third-order valence-electron chi connectivity index (χ3n) is 1.67. The van der Waals surface area contributed by atoms with E-state index in [1.165, 1.54) is 0 Å². The lowest BCUT2D eigenvalue weighted by Gasteiger charge is -2.01. The van der Waals surface area contributed by atoms with Gasteiger partial charge in [0.2, 0.25) is 0 Å². The SMILES string of the molecule is CCOCCOCCC(=O)O.Cn1ccnc1. The van der Waals surface area contributed by atoms with Gasteiger partial charge in [0.05, 0.1) is 32.6 Å². The van der Waals surface area contributed by atoms with E-state index in [0.717, 1.165) is 0 Å². The van der Waals surface area contributed by atoms with Crippen molar-refractivity contribution in [1.82, 2.24) is 9.55 Å². The first kappa shape index (κ1) is 15.6. The van der Waals surface area contributed by atoms with Crippen LogP contribution in [0.25, 0.3) is 0 Å². The van der Waals surface area contributed by atoms with E-state index in [-0.39, 0.29) is 13.0 Å². The number of carbonyl (C=O) groups is 1. The minimum atomic E-state index is -0.832. The molecule has 0 radical (unpaired) electrons. The van der Waals surface area contributed by atoms with Crippen LogP contribution in [-0.2, 0) is 21.3 Å². The first-order valence-electron chi connectivity index (χ1n) is 5.46. The summed E-state index contributed by atoms with van der Waals surface area (Å²) in [7, 11) is 1.94. The van der Waals surface area contributed by atoms with Crippen molar-refractivity contribution in [3.05, 3.63) is 18.7 Å². The molecule has 0 aliphatic heterocycles. The molecule has 1 aromatic rings. The number of nitrogens with zero attached hydrogens (tertiary/aromatic N) is 2. The zero-order valence-corrected chi connectivity index (χ0v) is 10.3. The maximum atomic E-state index is 9.98. The number of imidazole rings is 1. The zero-order valence-electron chi connectivity index (χ0n) is 10.3. The number of aliphatic carboxylic acids is 1. The van der Waals surface area contributed by atoms with Crippen molar-refractivity contribution in [3.63, 3.8) is 0 Å². The molecule has 0 saturated heterocycles. The Morgan fingerprint density at radius 3 is 2.47 bits per heavy atom. The number of carboxylic acids is 1. The van der Waals surface area contributed by atoms with Gasteiger partial charge in [0.25, 0.3) is 0 Å². The summed E-state index contributed by atoms with van der Waals surface area (Å²) in [5, 5.41) is 8.20. The summed E-state index contributed by atoms with van der Waals surface area (Å²) in [5.74, 6) is -0.832. The molecule has 0 aliphatic carbocycles. The molecule has 1 aromatic heterocycles. The van der Waals surface area contributed by atoms with Gasteiger partial charge in [-0.2, -0.15) is 0 Å². The maximum absolute atomic E-state index is 9.98. The second kappa shape index (κ2) is 11.1. The summed E-state index contributed by atoms with van der Waals surface area (Å²) in [5.41, 5.74) is 0. The van der Waals surface area contributed by atoms with Crippen LogP contribution in [0.5, 0.6) is 0 Å². The number of hydrogen-bond acceptors (Lipinski definition) is 4. The van der Waals surface area contributed by atoms with E-state index in [1.807, 2.05) is 24.7 Å². The van der Waals surface area contributed by atoms with Crippen LogP contribution in [0.4, 0.5) is 0 Å². The minimum Gasteiger partial charge on any atom is -0.481 e. The summed E-state index contributed by atoms with van der Waals surface area (Å²) in [4.78, 5) is 13.8. The highest BCUT2D eigenvalue weighted by Crippen LogP contribution is 1.83. The summed E-state index contributed by atoms with van der Waals surface area (Å²) in [6.45, 7) is 3.85. The second-order valence-corrected chi connectivity index (χ2v) is 3.18. The second-order valence-electron chi connectivity index (χ2n) is 3.18. The fourth-order valence-corrected chi connectivity index (χ4v) is 0.850. The predicted molar refractivity (Wildman–Crippen MR) is 62.8 cm³/mol. The van der Waals surface area contributed by atoms with Gasteiger partial charge in [0, 0.05) is 26.0 Å². The standard InChI is InChI=1S/C7H14O4.C4H6N2/c1-2-10-5-6-11-4-3-7(8)9;1-6-3-2-5-4-6/h2-6H2,1H3,(H,8,9);2-4H,1H3. The Morgan fingerprint density at radius 1 is 1.35 bits per heavy atom.